The van der Waals surface area contributed by atoms with Gasteiger partial charge in [0.15, 0.2) is 0 Å². The molecule has 0 aliphatic rings. The van der Waals surface area contributed by atoms with Gasteiger partial charge < -0.3 is 9.88 Å². The van der Waals surface area contributed by atoms with Gasteiger partial charge >= 0.3 is 0 Å². The van der Waals surface area contributed by atoms with Crippen LogP contribution in [0.3, 0.4) is 0 Å². The number of aromatic nitrogens is 1. The van der Waals surface area contributed by atoms with E-state index in [9.17, 15) is 9.59 Å². The predicted molar refractivity (Wildman–Crippen MR) is 88.8 cm³/mol. The van der Waals surface area contributed by atoms with Crippen molar-refractivity contribution in [1.29, 1.82) is 0 Å². The van der Waals surface area contributed by atoms with Crippen molar-refractivity contribution in [2.24, 2.45) is 0 Å². The zero-order valence-corrected chi connectivity index (χ0v) is 12.8. The van der Waals surface area contributed by atoms with Crippen molar-refractivity contribution < 1.29 is 4.79 Å². The highest BCUT2D eigenvalue weighted by atomic mass is 35.5. The Morgan fingerprint density at radius 1 is 1.18 bits per heavy atom. The van der Waals surface area contributed by atoms with E-state index in [4.69, 9.17) is 11.6 Å². The van der Waals surface area contributed by atoms with E-state index < -0.39 is 0 Å². The standard InChI is InChI=1S/C17H17ClN2O2/c18-15-8-10-17(22)20(13-15)12-4-11-19-16(21)9-7-14-5-2-1-3-6-14/h1-3,5-10,13H,4,11-12H2,(H,19,21)/b9-7+. The molecule has 1 N–H and O–H groups in total. The van der Waals surface area contributed by atoms with Gasteiger partial charge in [0.25, 0.3) is 5.56 Å². The molecule has 0 saturated carbocycles. The molecule has 0 aliphatic heterocycles. The first-order valence-electron chi connectivity index (χ1n) is 7.02. The van der Waals surface area contributed by atoms with E-state index >= 15 is 0 Å². The molecule has 1 amide bonds. The minimum absolute atomic E-state index is 0.0975. The second-order valence-electron chi connectivity index (χ2n) is 4.77. The fourth-order valence-corrected chi connectivity index (χ4v) is 2.11. The van der Waals surface area contributed by atoms with Crippen molar-refractivity contribution in [2.45, 2.75) is 13.0 Å². The third kappa shape index (κ3) is 5.22. The highest BCUT2D eigenvalue weighted by Crippen LogP contribution is 2.03. The fraction of sp³-hybridized carbons (Fsp3) is 0.176. The molecule has 2 aromatic rings. The van der Waals surface area contributed by atoms with Gasteiger partial charge in [0.2, 0.25) is 5.91 Å². The molecule has 2 rings (SSSR count). The van der Waals surface area contributed by atoms with Gasteiger partial charge in [0, 0.05) is 31.4 Å². The number of carbonyl (C=O) groups is 1. The van der Waals surface area contributed by atoms with Gasteiger partial charge in [-0.3, -0.25) is 9.59 Å². The fourth-order valence-electron chi connectivity index (χ4n) is 1.93. The summed E-state index contributed by atoms with van der Waals surface area (Å²) in [5.41, 5.74) is 0.878. The third-order valence-electron chi connectivity index (χ3n) is 3.05. The maximum atomic E-state index is 11.7. The molecular weight excluding hydrogens is 300 g/mol. The Morgan fingerprint density at radius 2 is 1.95 bits per heavy atom. The molecule has 5 heteroatoms. The van der Waals surface area contributed by atoms with Crippen molar-refractivity contribution in [3.8, 4) is 0 Å². The molecule has 1 aromatic carbocycles. The van der Waals surface area contributed by atoms with E-state index in [1.165, 1.54) is 16.7 Å². The largest absolute Gasteiger partial charge is 0.352 e. The van der Waals surface area contributed by atoms with E-state index in [0.29, 0.717) is 24.5 Å². The quantitative estimate of drug-likeness (QED) is 0.658. The zero-order chi connectivity index (χ0) is 15.8. The summed E-state index contributed by atoms with van der Waals surface area (Å²) in [6.07, 6.45) is 5.52. The van der Waals surface area contributed by atoms with Gasteiger partial charge in [0.1, 0.15) is 0 Å². The van der Waals surface area contributed by atoms with Crippen LogP contribution in [-0.4, -0.2) is 17.0 Å². The summed E-state index contributed by atoms with van der Waals surface area (Å²) in [4.78, 5) is 23.2. The first kappa shape index (κ1) is 16.0. The number of pyridine rings is 1. The lowest BCUT2D eigenvalue weighted by Gasteiger charge is -2.06. The summed E-state index contributed by atoms with van der Waals surface area (Å²) >= 11 is 5.84. The van der Waals surface area contributed by atoms with Gasteiger partial charge in [-0.05, 0) is 24.1 Å². The molecule has 0 spiro atoms. The highest BCUT2D eigenvalue weighted by Gasteiger charge is 1.98. The van der Waals surface area contributed by atoms with Gasteiger partial charge in [-0.2, -0.15) is 0 Å². The van der Waals surface area contributed by atoms with Crippen molar-refractivity contribution >= 4 is 23.6 Å². The smallest absolute Gasteiger partial charge is 0.250 e. The molecule has 1 aromatic heterocycles. The summed E-state index contributed by atoms with van der Waals surface area (Å²) < 4.78 is 1.54. The molecule has 0 saturated heterocycles. The van der Waals surface area contributed by atoms with Crippen LogP contribution in [0.15, 0.2) is 59.5 Å². The van der Waals surface area contributed by atoms with Gasteiger partial charge in [-0.25, -0.2) is 0 Å². The summed E-state index contributed by atoms with van der Waals surface area (Å²) in [5.74, 6) is -0.151. The Bertz CT molecular complexity index is 708. The molecule has 0 atom stereocenters. The summed E-state index contributed by atoms with van der Waals surface area (Å²) in [7, 11) is 0. The lowest BCUT2D eigenvalue weighted by molar-refractivity contribution is -0.116. The Morgan fingerprint density at radius 3 is 2.73 bits per heavy atom. The normalized spacial score (nSPS) is 10.8. The molecule has 0 unspecified atom stereocenters. The Hall–Kier alpha value is -2.33. The highest BCUT2D eigenvalue weighted by molar-refractivity contribution is 6.30. The Labute approximate surface area is 134 Å². The van der Waals surface area contributed by atoms with Crippen molar-refractivity contribution in [3.05, 3.63) is 75.7 Å². The molecular formula is C17H17ClN2O2. The molecule has 114 valence electrons. The second-order valence-corrected chi connectivity index (χ2v) is 5.20. The molecule has 22 heavy (non-hydrogen) atoms. The van der Waals surface area contributed by atoms with E-state index in [1.807, 2.05) is 30.3 Å². The van der Waals surface area contributed by atoms with Crippen molar-refractivity contribution in [3.63, 3.8) is 0 Å². The molecule has 0 bridgehead atoms. The van der Waals surface area contributed by atoms with Crippen LogP contribution in [-0.2, 0) is 11.3 Å². The van der Waals surface area contributed by atoms with Crippen molar-refractivity contribution in [1.82, 2.24) is 9.88 Å². The third-order valence-corrected chi connectivity index (χ3v) is 3.27. The number of nitrogens with one attached hydrogen (secondary N) is 1. The van der Waals surface area contributed by atoms with Crippen LogP contribution in [0.2, 0.25) is 5.02 Å². The van der Waals surface area contributed by atoms with Gasteiger partial charge in [0.05, 0.1) is 5.02 Å². The number of carbonyl (C=O) groups excluding carboxylic acids is 1. The van der Waals surface area contributed by atoms with Gasteiger partial charge in [-0.15, -0.1) is 0 Å². The maximum absolute atomic E-state index is 11.7. The first-order valence-corrected chi connectivity index (χ1v) is 7.40. The topological polar surface area (TPSA) is 51.1 Å². The average Bonchev–Trinajstić information content (AvgIpc) is 2.53. The van der Waals surface area contributed by atoms with Crippen LogP contribution in [0, 0.1) is 0 Å². The summed E-state index contributed by atoms with van der Waals surface area (Å²) in [6.45, 7) is 1.01. The minimum Gasteiger partial charge on any atom is -0.352 e. The predicted octanol–water partition coefficient (Wildman–Crippen LogP) is 2.72. The van der Waals surface area contributed by atoms with E-state index in [-0.39, 0.29) is 11.5 Å². The molecule has 0 aliphatic carbocycles. The minimum atomic E-state index is -0.151. The maximum Gasteiger partial charge on any atom is 0.250 e. The van der Waals surface area contributed by atoms with Crippen molar-refractivity contribution in [2.75, 3.05) is 6.54 Å². The summed E-state index contributed by atoms with van der Waals surface area (Å²) in [5, 5.41) is 3.31. The van der Waals surface area contributed by atoms with Crippen LogP contribution in [0.5, 0.6) is 0 Å². The lowest BCUT2D eigenvalue weighted by Crippen LogP contribution is -2.25. The van der Waals surface area contributed by atoms with Gasteiger partial charge in [-0.1, -0.05) is 41.9 Å². The number of hydrogen-bond donors (Lipinski definition) is 1. The van der Waals surface area contributed by atoms with Crippen LogP contribution in [0.4, 0.5) is 0 Å². The number of aryl methyl sites for hydroxylation is 1. The molecule has 0 fully saturated rings. The Kier molecular flexibility index (Phi) is 5.98. The molecule has 1 heterocycles. The number of amides is 1. The number of nitrogens with zero attached hydrogens (tertiary/aromatic N) is 1. The van der Waals surface area contributed by atoms with Crippen LogP contribution in [0.25, 0.3) is 6.08 Å². The second kappa shape index (κ2) is 8.20. The summed E-state index contributed by atoms with van der Waals surface area (Å²) in [6, 6.07) is 12.6. The van der Waals surface area contributed by atoms with Crippen LogP contribution < -0.4 is 10.9 Å². The van der Waals surface area contributed by atoms with Crippen LogP contribution in [0.1, 0.15) is 12.0 Å². The van der Waals surface area contributed by atoms with Crippen LogP contribution >= 0.6 is 11.6 Å². The van der Waals surface area contributed by atoms with E-state index in [0.717, 1.165) is 5.56 Å². The Balaban J connectivity index is 1.74. The van der Waals surface area contributed by atoms with E-state index in [2.05, 4.69) is 5.32 Å². The number of benzene rings is 1. The number of rotatable bonds is 6. The molecule has 0 radical (unpaired) electrons. The SMILES string of the molecule is O=C(/C=C/c1ccccc1)NCCCn1cc(Cl)ccc1=O. The number of hydrogen-bond acceptors (Lipinski definition) is 2. The number of halogens is 1. The average molecular weight is 317 g/mol. The monoisotopic (exact) mass is 316 g/mol. The van der Waals surface area contributed by atoms with E-state index in [1.54, 1.807) is 18.3 Å². The molecule has 4 nitrogen and oxygen atoms in total. The lowest BCUT2D eigenvalue weighted by atomic mass is 10.2. The first-order chi connectivity index (χ1) is 10.6. The zero-order valence-electron chi connectivity index (χ0n) is 12.0.